The van der Waals surface area contributed by atoms with E-state index in [1.807, 2.05) is 6.07 Å². The summed E-state index contributed by atoms with van der Waals surface area (Å²) in [6, 6.07) is 8.80. The molecule has 1 unspecified atom stereocenters. The number of aliphatic carboxylic acids is 1. The lowest BCUT2D eigenvalue weighted by Crippen LogP contribution is -2.28. The van der Waals surface area contributed by atoms with Gasteiger partial charge in [0.25, 0.3) is 0 Å². The van der Waals surface area contributed by atoms with E-state index in [1.54, 1.807) is 31.2 Å². The summed E-state index contributed by atoms with van der Waals surface area (Å²) in [7, 11) is 0. The van der Waals surface area contributed by atoms with E-state index in [-0.39, 0.29) is 6.42 Å². The highest BCUT2D eigenvalue weighted by Crippen LogP contribution is 2.10. The average molecular weight is 207 g/mol. The minimum absolute atomic E-state index is 0.286. The summed E-state index contributed by atoms with van der Waals surface area (Å²) in [6.07, 6.45) is 0.286. The first-order valence-corrected chi connectivity index (χ1v) is 4.74. The van der Waals surface area contributed by atoms with Crippen LogP contribution in [0.1, 0.15) is 13.3 Å². The molecule has 2 N–H and O–H groups in total. The highest BCUT2D eigenvalue weighted by Gasteiger charge is 2.23. The van der Waals surface area contributed by atoms with Crippen molar-refractivity contribution in [1.82, 2.24) is 0 Å². The Kier molecular flexibility index (Phi) is 3.85. The number of hydrogen-bond donors (Lipinski definition) is 2. The quantitative estimate of drug-likeness (QED) is 0.739. The standard InChI is InChI=1S/C11H13NO3/c1-2-9(11(14)15)10(13)12-8-6-4-3-5-7-8/h3-7,9H,2H2,1H3,(H,12,13)(H,14,15). The van der Waals surface area contributed by atoms with Crippen molar-refractivity contribution in [3.63, 3.8) is 0 Å². The third kappa shape index (κ3) is 3.09. The van der Waals surface area contributed by atoms with Gasteiger partial charge in [-0.05, 0) is 18.6 Å². The maximum absolute atomic E-state index is 11.5. The zero-order valence-electron chi connectivity index (χ0n) is 8.43. The second-order valence-corrected chi connectivity index (χ2v) is 3.15. The average Bonchev–Trinajstić information content (AvgIpc) is 2.19. The van der Waals surface area contributed by atoms with Crippen LogP contribution in [-0.2, 0) is 9.59 Å². The third-order valence-electron chi connectivity index (χ3n) is 2.06. The molecule has 0 aliphatic heterocycles. The number of carboxylic acid groups (broad SMARTS) is 1. The summed E-state index contributed by atoms with van der Waals surface area (Å²) < 4.78 is 0. The second kappa shape index (κ2) is 5.14. The molecule has 1 rings (SSSR count). The van der Waals surface area contributed by atoms with E-state index in [2.05, 4.69) is 5.32 Å². The minimum Gasteiger partial charge on any atom is -0.481 e. The lowest BCUT2D eigenvalue weighted by atomic mass is 10.1. The van der Waals surface area contributed by atoms with Crippen molar-refractivity contribution in [1.29, 1.82) is 0 Å². The van der Waals surface area contributed by atoms with E-state index < -0.39 is 17.8 Å². The molecule has 0 aliphatic carbocycles. The smallest absolute Gasteiger partial charge is 0.316 e. The first-order chi connectivity index (χ1) is 7.15. The molecule has 0 saturated carbocycles. The van der Waals surface area contributed by atoms with Crippen molar-refractivity contribution in [3.8, 4) is 0 Å². The largest absolute Gasteiger partial charge is 0.481 e. The number of nitrogens with one attached hydrogen (secondary N) is 1. The molecular formula is C11H13NO3. The summed E-state index contributed by atoms with van der Waals surface area (Å²) in [5.74, 6) is -2.55. The molecule has 0 bridgehead atoms. The molecule has 0 spiro atoms. The molecule has 1 aromatic carbocycles. The highest BCUT2D eigenvalue weighted by molar-refractivity contribution is 6.04. The van der Waals surface area contributed by atoms with Gasteiger partial charge >= 0.3 is 5.97 Å². The first-order valence-electron chi connectivity index (χ1n) is 4.74. The molecule has 15 heavy (non-hydrogen) atoms. The van der Waals surface area contributed by atoms with Crippen LogP contribution >= 0.6 is 0 Å². The number of carbonyl (C=O) groups excluding carboxylic acids is 1. The van der Waals surface area contributed by atoms with Crippen molar-refractivity contribution in [2.24, 2.45) is 5.92 Å². The van der Waals surface area contributed by atoms with Crippen LogP contribution in [0.3, 0.4) is 0 Å². The molecule has 1 amide bonds. The van der Waals surface area contributed by atoms with Crippen LogP contribution < -0.4 is 5.32 Å². The molecule has 0 fully saturated rings. The summed E-state index contributed by atoms with van der Waals surface area (Å²) in [5.41, 5.74) is 0.613. The van der Waals surface area contributed by atoms with Gasteiger partial charge in [0, 0.05) is 5.69 Å². The highest BCUT2D eigenvalue weighted by atomic mass is 16.4. The number of hydrogen-bond acceptors (Lipinski definition) is 2. The van der Waals surface area contributed by atoms with E-state index in [9.17, 15) is 9.59 Å². The first kappa shape index (κ1) is 11.2. The molecule has 0 aromatic heterocycles. The predicted octanol–water partition coefficient (Wildman–Crippen LogP) is 1.74. The number of para-hydroxylation sites is 1. The van der Waals surface area contributed by atoms with Gasteiger partial charge in [0.2, 0.25) is 5.91 Å². The van der Waals surface area contributed by atoms with Crippen LogP contribution in [-0.4, -0.2) is 17.0 Å². The van der Waals surface area contributed by atoms with E-state index in [1.165, 1.54) is 0 Å². The Labute approximate surface area is 87.9 Å². The molecule has 0 saturated heterocycles. The van der Waals surface area contributed by atoms with Crippen molar-refractivity contribution in [2.75, 3.05) is 5.32 Å². The Morgan fingerprint density at radius 3 is 2.40 bits per heavy atom. The van der Waals surface area contributed by atoms with Crippen LogP contribution in [0.5, 0.6) is 0 Å². The van der Waals surface area contributed by atoms with E-state index >= 15 is 0 Å². The number of anilines is 1. The summed E-state index contributed by atoms with van der Waals surface area (Å²) in [4.78, 5) is 22.2. The van der Waals surface area contributed by atoms with Gasteiger partial charge in [0.05, 0.1) is 0 Å². The van der Waals surface area contributed by atoms with Crippen molar-refractivity contribution in [2.45, 2.75) is 13.3 Å². The fraction of sp³-hybridized carbons (Fsp3) is 0.273. The zero-order chi connectivity index (χ0) is 11.3. The number of carbonyl (C=O) groups is 2. The summed E-state index contributed by atoms with van der Waals surface area (Å²) in [5, 5.41) is 11.3. The number of benzene rings is 1. The van der Waals surface area contributed by atoms with Gasteiger partial charge in [0.15, 0.2) is 0 Å². The van der Waals surface area contributed by atoms with Crippen LogP contribution in [0.25, 0.3) is 0 Å². The Balaban J connectivity index is 2.66. The maximum atomic E-state index is 11.5. The van der Waals surface area contributed by atoms with Crippen LogP contribution in [0.2, 0.25) is 0 Å². The van der Waals surface area contributed by atoms with Crippen LogP contribution in [0.15, 0.2) is 30.3 Å². The monoisotopic (exact) mass is 207 g/mol. The number of amides is 1. The van der Waals surface area contributed by atoms with Gasteiger partial charge in [-0.2, -0.15) is 0 Å². The molecule has 1 atom stereocenters. The summed E-state index contributed by atoms with van der Waals surface area (Å²) >= 11 is 0. The van der Waals surface area contributed by atoms with Crippen LogP contribution in [0, 0.1) is 5.92 Å². The van der Waals surface area contributed by atoms with Gasteiger partial charge in [0.1, 0.15) is 5.92 Å². The number of carboxylic acids is 1. The molecule has 0 aliphatic rings. The van der Waals surface area contributed by atoms with Crippen molar-refractivity contribution >= 4 is 17.6 Å². The van der Waals surface area contributed by atoms with Crippen LogP contribution in [0.4, 0.5) is 5.69 Å². The molecule has 0 radical (unpaired) electrons. The van der Waals surface area contributed by atoms with Crippen molar-refractivity contribution < 1.29 is 14.7 Å². The van der Waals surface area contributed by atoms with Gasteiger partial charge in [-0.15, -0.1) is 0 Å². The molecule has 4 nitrogen and oxygen atoms in total. The Hall–Kier alpha value is -1.84. The fourth-order valence-corrected chi connectivity index (χ4v) is 1.22. The predicted molar refractivity (Wildman–Crippen MR) is 56.5 cm³/mol. The Bertz CT molecular complexity index is 348. The van der Waals surface area contributed by atoms with E-state index in [0.717, 1.165) is 0 Å². The fourth-order valence-electron chi connectivity index (χ4n) is 1.22. The topological polar surface area (TPSA) is 66.4 Å². The molecule has 4 heteroatoms. The normalized spacial score (nSPS) is 11.8. The second-order valence-electron chi connectivity index (χ2n) is 3.15. The third-order valence-corrected chi connectivity index (χ3v) is 2.06. The lowest BCUT2D eigenvalue weighted by molar-refractivity contribution is -0.145. The summed E-state index contributed by atoms with van der Waals surface area (Å²) in [6.45, 7) is 1.67. The Morgan fingerprint density at radius 2 is 1.93 bits per heavy atom. The van der Waals surface area contributed by atoms with Crippen molar-refractivity contribution in [3.05, 3.63) is 30.3 Å². The maximum Gasteiger partial charge on any atom is 0.316 e. The van der Waals surface area contributed by atoms with E-state index in [0.29, 0.717) is 5.69 Å². The minimum atomic E-state index is -1.09. The SMILES string of the molecule is CCC(C(=O)O)C(=O)Nc1ccccc1. The molecular weight excluding hydrogens is 194 g/mol. The molecule has 0 heterocycles. The lowest BCUT2D eigenvalue weighted by Gasteiger charge is -2.10. The zero-order valence-corrected chi connectivity index (χ0v) is 8.43. The molecule has 80 valence electrons. The Morgan fingerprint density at radius 1 is 1.33 bits per heavy atom. The van der Waals surface area contributed by atoms with E-state index in [4.69, 9.17) is 5.11 Å². The van der Waals surface area contributed by atoms with Gasteiger partial charge in [-0.3, -0.25) is 9.59 Å². The van der Waals surface area contributed by atoms with Gasteiger partial charge in [-0.25, -0.2) is 0 Å². The molecule has 1 aromatic rings. The van der Waals surface area contributed by atoms with Gasteiger partial charge < -0.3 is 10.4 Å². The van der Waals surface area contributed by atoms with Gasteiger partial charge in [-0.1, -0.05) is 25.1 Å². The number of rotatable bonds is 4.